The Morgan fingerprint density at radius 1 is 1.15 bits per heavy atom. The van der Waals surface area contributed by atoms with Gasteiger partial charge in [-0.1, -0.05) is 39.0 Å². The van der Waals surface area contributed by atoms with Crippen LogP contribution in [0.1, 0.15) is 47.5 Å². The van der Waals surface area contributed by atoms with Crippen molar-refractivity contribution in [1.82, 2.24) is 9.29 Å². The Morgan fingerprint density at radius 3 is 2.42 bits per heavy atom. The fourth-order valence-electron chi connectivity index (χ4n) is 3.93. The molecule has 1 saturated heterocycles. The third-order valence-electron chi connectivity index (χ3n) is 5.62. The van der Waals surface area contributed by atoms with E-state index in [4.69, 9.17) is 9.53 Å². The highest BCUT2D eigenvalue weighted by atomic mass is 32.2. The lowest BCUT2D eigenvalue weighted by molar-refractivity contribution is 0.0463. The van der Waals surface area contributed by atoms with Gasteiger partial charge in [0.25, 0.3) is 0 Å². The molecule has 1 aliphatic heterocycles. The van der Waals surface area contributed by atoms with Gasteiger partial charge in [0, 0.05) is 12.1 Å². The smallest absolute Gasteiger partial charge is 0.410 e. The van der Waals surface area contributed by atoms with Gasteiger partial charge in [-0.3, -0.25) is 5.32 Å². The van der Waals surface area contributed by atoms with Crippen LogP contribution in [0.15, 0.2) is 47.4 Å². The van der Waals surface area contributed by atoms with Crippen molar-refractivity contribution in [3.63, 3.8) is 0 Å². The van der Waals surface area contributed by atoms with Gasteiger partial charge in [0.05, 0.1) is 22.2 Å². The number of anilines is 1. The van der Waals surface area contributed by atoms with Crippen LogP contribution in [0.3, 0.4) is 0 Å². The van der Waals surface area contributed by atoms with Crippen LogP contribution in [-0.2, 0) is 14.4 Å². The molecule has 33 heavy (non-hydrogen) atoms. The van der Waals surface area contributed by atoms with E-state index in [1.165, 1.54) is 0 Å². The van der Waals surface area contributed by atoms with Gasteiger partial charge >= 0.3 is 6.09 Å². The van der Waals surface area contributed by atoms with Gasteiger partial charge in [-0.05, 0) is 56.0 Å². The molecule has 1 atom stereocenters. The minimum absolute atomic E-state index is 0.126. The molecular weight excluding hydrogens is 458 g/mol. The number of nitrogens with one attached hydrogen (secondary N) is 1. The first-order valence-corrected chi connectivity index (χ1v) is 13.8. The number of carbonyl (C=O) groups is 1. The van der Waals surface area contributed by atoms with Gasteiger partial charge in [-0.2, -0.15) is 4.31 Å². The Kier molecular flexibility index (Phi) is 7.32. The molecule has 0 spiro atoms. The molecule has 8 nitrogen and oxygen atoms in total. The molecule has 1 aliphatic rings. The maximum Gasteiger partial charge on any atom is 0.410 e. The highest BCUT2D eigenvalue weighted by Gasteiger charge is 2.44. The fourth-order valence-corrected chi connectivity index (χ4v) is 6.74. The molecule has 0 bridgehead atoms. The summed E-state index contributed by atoms with van der Waals surface area (Å²) in [5.41, 5.74) is 0.691. The number of carboxylic acid groups (broad SMARTS) is 1. The zero-order chi connectivity index (χ0) is 24.4. The van der Waals surface area contributed by atoms with E-state index < -0.39 is 31.5 Å². The molecule has 2 heterocycles. The van der Waals surface area contributed by atoms with Crippen molar-refractivity contribution in [3.05, 3.63) is 42.5 Å². The fraction of sp³-hybridized carbons (Fsp3) is 0.478. The molecule has 1 aromatic carbocycles. The first-order valence-electron chi connectivity index (χ1n) is 11.0. The van der Waals surface area contributed by atoms with Gasteiger partial charge in [0.2, 0.25) is 10.0 Å². The molecule has 1 amide bonds. The number of sulfonamides is 1. The molecule has 1 unspecified atom stereocenters. The molecule has 0 aliphatic carbocycles. The average molecular weight is 492 g/mol. The highest BCUT2D eigenvalue weighted by molar-refractivity contribution is 7.89. The van der Waals surface area contributed by atoms with Crippen LogP contribution >= 0.6 is 0 Å². The molecule has 2 N–H and O–H groups in total. The molecule has 10 heteroatoms. The first-order chi connectivity index (χ1) is 15.3. The van der Waals surface area contributed by atoms with E-state index in [2.05, 4.69) is 31.1 Å². The average Bonchev–Trinajstić information content (AvgIpc) is 3.24. The van der Waals surface area contributed by atoms with Gasteiger partial charge in [-0.25, -0.2) is 18.2 Å². The number of benzene rings is 1. The van der Waals surface area contributed by atoms with Crippen molar-refractivity contribution in [2.45, 2.75) is 69.0 Å². The summed E-state index contributed by atoms with van der Waals surface area (Å²) < 4.78 is 34.9. The summed E-state index contributed by atoms with van der Waals surface area (Å²) in [6.07, 6.45) is 0.383. The quantitative estimate of drug-likeness (QED) is 0.565. The van der Waals surface area contributed by atoms with Crippen molar-refractivity contribution < 1.29 is 22.7 Å². The van der Waals surface area contributed by atoms with E-state index >= 15 is 0 Å². The number of pyridine rings is 1. The number of amides is 1. The number of hydrogen-bond acceptors (Lipinski definition) is 5. The van der Waals surface area contributed by atoms with Gasteiger partial charge in [-0.15, -0.1) is 0 Å². The Bertz CT molecular complexity index is 1100. The first kappa shape index (κ1) is 25.4. The zero-order valence-electron chi connectivity index (χ0n) is 19.8. The maximum atomic E-state index is 13.5. The van der Waals surface area contributed by atoms with Crippen LogP contribution < -0.4 is 5.32 Å². The van der Waals surface area contributed by atoms with E-state index in [1.807, 2.05) is 13.8 Å². The van der Waals surface area contributed by atoms with Crippen molar-refractivity contribution in [1.29, 1.82) is 0 Å². The van der Waals surface area contributed by atoms with Crippen LogP contribution in [0.2, 0.25) is 5.04 Å². The summed E-state index contributed by atoms with van der Waals surface area (Å²) in [7, 11) is -4.52. The molecule has 0 saturated carbocycles. The Labute approximate surface area is 198 Å². The Morgan fingerprint density at radius 2 is 1.82 bits per heavy atom. The molecule has 1 aromatic heterocycles. The largest absolute Gasteiger partial charge is 0.465 e. The molecule has 0 radical (unpaired) electrons. The van der Waals surface area contributed by atoms with Crippen molar-refractivity contribution in [3.8, 4) is 11.3 Å². The second-order valence-corrected chi connectivity index (χ2v) is 14.7. The van der Waals surface area contributed by atoms with E-state index in [-0.39, 0.29) is 21.8 Å². The predicted molar refractivity (Wildman–Crippen MR) is 132 cm³/mol. The van der Waals surface area contributed by atoms with E-state index in [1.54, 1.807) is 46.8 Å². The van der Waals surface area contributed by atoms with Crippen LogP contribution in [0, 0.1) is 0 Å². The minimum atomic E-state index is -3.69. The summed E-state index contributed by atoms with van der Waals surface area (Å²) in [5.74, 6) is 0.206. The third-order valence-corrected chi connectivity index (χ3v) is 9.30. The third kappa shape index (κ3) is 6.20. The SMILES string of the molecule is CC(C)(C)[SiH2]OC(C)(C)C1CCCN1S(=O)(=O)c1ccc(-c2cccc(NC(=O)O)n2)cc1. The number of hydrogen-bond donors (Lipinski definition) is 2. The van der Waals surface area contributed by atoms with E-state index in [0.29, 0.717) is 17.8 Å². The van der Waals surface area contributed by atoms with Gasteiger partial charge < -0.3 is 9.53 Å². The van der Waals surface area contributed by atoms with E-state index in [9.17, 15) is 13.2 Å². The summed E-state index contributed by atoms with van der Waals surface area (Å²) in [5, 5.41) is 11.2. The number of aromatic nitrogens is 1. The lowest BCUT2D eigenvalue weighted by Crippen LogP contribution is -2.50. The summed E-state index contributed by atoms with van der Waals surface area (Å²) in [6, 6.07) is 11.3. The second-order valence-electron chi connectivity index (χ2n) is 10.1. The van der Waals surface area contributed by atoms with Gasteiger partial charge in [0.1, 0.15) is 5.82 Å². The zero-order valence-corrected chi connectivity index (χ0v) is 22.1. The van der Waals surface area contributed by atoms with Crippen LogP contribution in [-0.4, -0.2) is 56.9 Å². The monoisotopic (exact) mass is 491 g/mol. The second kappa shape index (κ2) is 9.53. The molecule has 2 aromatic rings. The molecule has 180 valence electrons. The summed E-state index contributed by atoms with van der Waals surface area (Å²) in [4.78, 5) is 15.4. The molecule has 3 rings (SSSR count). The van der Waals surface area contributed by atoms with Gasteiger partial charge in [0.15, 0.2) is 9.76 Å². The van der Waals surface area contributed by atoms with Crippen molar-refractivity contribution >= 4 is 31.7 Å². The van der Waals surface area contributed by atoms with Crippen LogP contribution in [0.5, 0.6) is 0 Å². The summed E-state index contributed by atoms with van der Waals surface area (Å²) in [6.45, 7) is 10.9. The normalized spacial score (nSPS) is 18.2. The van der Waals surface area contributed by atoms with E-state index in [0.717, 1.165) is 12.8 Å². The number of nitrogens with zero attached hydrogens (tertiary/aromatic N) is 2. The van der Waals surface area contributed by atoms with Crippen LogP contribution in [0.25, 0.3) is 11.3 Å². The topological polar surface area (TPSA) is 109 Å². The van der Waals surface area contributed by atoms with Crippen LogP contribution in [0.4, 0.5) is 10.6 Å². The minimum Gasteiger partial charge on any atom is -0.465 e. The number of rotatable bonds is 7. The predicted octanol–water partition coefficient (Wildman–Crippen LogP) is 4.09. The highest BCUT2D eigenvalue weighted by Crippen LogP contribution is 2.36. The van der Waals surface area contributed by atoms with Crippen molar-refractivity contribution in [2.24, 2.45) is 0 Å². The van der Waals surface area contributed by atoms with Crippen molar-refractivity contribution in [2.75, 3.05) is 11.9 Å². The standard InChI is InChI=1S/C23H33N3O5SSi/c1-22(2,3)33-31-23(4,5)19-9-7-15-26(19)32(29,30)17-13-11-16(12-14-17)18-8-6-10-20(24-18)25-21(27)28/h6,8,10-14,19H,7,9,15,33H2,1-5H3,(H,24,25)(H,27,28). The Hall–Kier alpha value is -2.27. The molecule has 1 fully saturated rings. The Balaban J connectivity index is 1.82. The summed E-state index contributed by atoms with van der Waals surface area (Å²) >= 11 is 0. The maximum absolute atomic E-state index is 13.5. The molecular formula is C23H33N3O5SSi. The lowest BCUT2D eigenvalue weighted by Gasteiger charge is -2.39. The lowest BCUT2D eigenvalue weighted by atomic mass is 9.98.